The average molecular weight is 306 g/mol. The molecule has 0 heterocycles. The van der Waals surface area contributed by atoms with Crippen molar-refractivity contribution in [1.82, 2.24) is 5.32 Å². The van der Waals surface area contributed by atoms with Crippen molar-refractivity contribution >= 4 is 11.8 Å². The van der Waals surface area contributed by atoms with Crippen LogP contribution < -0.4 is 5.32 Å². The molecule has 21 heavy (non-hydrogen) atoms. The molecule has 0 unspecified atom stereocenters. The monoisotopic (exact) mass is 305 g/mol. The Morgan fingerprint density at radius 1 is 1.05 bits per heavy atom. The van der Waals surface area contributed by atoms with Gasteiger partial charge < -0.3 is 5.32 Å². The van der Waals surface area contributed by atoms with Gasteiger partial charge in [-0.1, -0.05) is 52.2 Å². The van der Waals surface area contributed by atoms with Gasteiger partial charge in [-0.15, -0.1) is 11.8 Å². The van der Waals surface area contributed by atoms with E-state index in [1.165, 1.54) is 61.3 Å². The Hall–Kier alpha value is -0.470. The summed E-state index contributed by atoms with van der Waals surface area (Å²) < 4.78 is 0. The van der Waals surface area contributed by atoms with Crippen molar-refractivity contribution in [2.75, 3.05) is 12.3 Å². The fourth-order valence-corrected chi connectivity index (χ4v) is 3.78. The lowest BCUT2D eigenvalue weighted by molar-refractivity contribution is 0.375. The quantitative estimate of drug-likeness (QED) is 0.558. The van der Waals surface area contributed by atoms with Crippen LogP contribution in [0, 0.1) is 0 Å². The Labute approximate surface area is 135 Å². The standard InChI is InChI=1S/C19H31NS/c1-19(2,3)16-10-12-18(13-11-16)21-15-7-14-20-17-8-5-4-6-9-17/h10-13,17,20H,4-9,14-15H2,1-3H3. The molecule has 1 saturated carbocycles. The molecule has 0 atom stereocenters. The summed E-state index contributed by atoms with van der Waals surface area (Å²) in [5.41, 5.74) is 1.68. The van der Waals surface area contributed by atoms with Crippen LogP contribution in [0.15, 0.2) is 29.2 Å². The second-order valence-corrected chi connectivity index (χ2v) is 8.43. The summed E-state index contributed by atoms with van der Waals surface area (Å²) >= 11 is 1.99. The van der Waals surface area contributed by atoms with Crippen molar-refractivity contribution in [3.8, 4) is 0 Å². The Morgan fingerprint density at radius 3 is 2.33 bits per heavy atom. The van der Waals surface area contributed by atoms with E-state index in [1.807, 2.05) is 11.8 Å². The van der Waals surface area contributed by atoms with E-state index in [0.29, 0.717) is 0 Å². The average Bonchev–Trinajstić information content (AvgIpc) is 2.47. The van der Waals surface area contributed by atoms with Crippen LogP contribution in [0.1, 0.15) is 64.9 Å². The molecule has 2 rings (SSSR count). The number of hydrogen-bond acceptors (Lipinski definition) is 2. The molecule has 1 aliphatic rings. The number of nitrogens with one attached hydrogen (secondary N) is 1. The summed E-state index contributed by atoms with van der Waals surface area (Å²) in [6.45, 7) is 7.99. The molecule has 1 fully saturated rings. The number of thioether (sulfide) groups is 1. The second kappa shape index (κ2) is 8.24. The maximum atomic E-state index is 3.72. The lowest BCUT2D eigenvalue weighted by Crippen LogP contribution is -2.31. The second-order valence-electron chi connectivity index (χ2n) is 7.27. The van der Waals surface area contributed by atoms with Gasteiger partial charge in [-0.3, -0.25) is 0 Å². The summed E-state index contributed by atoms with van der Waals surface area (Å²) in [4.78, 5) is 1.40. The highest BCUT2D eigenvalue weighted by atomic mass is 32.2. The topological polar surface area (TPSA) is 12.0 Å². The third kappa shape index (κ3) is 6.04. The summed E-state index contributed by atoms with van der Waals surface area (Å²) in [5, 5.41) is 3.72. The van der Waals surface area contributed by atoms with Gasteiger partial charge in [0.05, 0.1) is 0 Å². The van der Waals surface area contributed by atoms with E-state index < -0.39 is 0 Å². The van der Waals surface area contributed by atoms with Crippen molar-refractivity contribution in [2.24, 2.45) is 0 Å². The van der Waals surface area contributed by atoms with Crippen LogP contribution >= 0.6 is 11.8 Å². The molecule has 118 valence electrons. The summed E-state index contributed by atoms with van der Waals surface area (Å²) in [6, 6.07) is 9.92. The van der Waals surface area contributed by atoms with Crippen LogP contribution in [0.3, 0.4) is 0 Å². The molecule has 2 heteroatoms. The predicted molar refractivity (Wildman–Crippen MR) is 95.4 cm³/mol. The zero-order valence-electron chi connectivity index (χ0n) is 14.0. The molecule has 0 amide bonds. The molecule has 1 N–H and O–H groups in total. The number of hydrogen-bond donors (Lipinski definition) is 1. The molecule has 0 aromatic heterocycles. The van der Waals surface area contributed by atoms with Crippen LogP contribution in [0.5, 0.6) is 0 Å². The number of rotatable bonds is 6. The summed E-state index contributed by atoms with van der Waals surface area (Å²) in [5.74, 6) is 1.22. The third-order valence-corrected chi connectivity index (χ3v) is 5.45. The van der Waals surface area contributed by atoms with Crippen molar-refractivity contribution in [3.63, 3.8) is 0 Å². The molecule has 0 bridgehead atoms. The zero-order valence-corrected chi connectivity index (χ0v) is 14.8. The molecular weight excluding hydrogens is 274 g/mol. The van der Waals surface area contributed by atoms with E-state index in [4.69, 9.17) is 0 Å². The Kier molecular flexibility index (Phi) is 6.63. The minimum Gasteiger partial charge on any atom is -0.314 e. The largest absolute Gasteiger partial charge is 0.314 e. The van der Waals surface area contributed by atoms with Gasteiger partial charge >= 0.3 is 0 Å². The van der Waals surface area contributed by atoms with Crippen LogP contribution in [-0.4, -0.2) is 18.3 Å². The molecule has 0 radical (unpaired) electrons. The highest BCUT2D eigenvalue weighted by molar-refractivity contribution is 7.99. The van der Waals surface area contributed by atoms with Gasteiger partial charge in [0.1, 0.15) is 0 Å². The molecule has 1 nitrogen and oxygen atoms in total. The van der Waals surface area contributed by atoms with Gasteiger partial charge in [0.15, 0.2) is 0 Å². The smallest absolute Gasteiger partial charge is 0.00721 e. The number of benzene rings is 1. The highest BCUT2D eigenvalue weighted by Crippen LogP contribution is 2.26. The molecule has 0 saturated heterocycles. The van der Waals surface area contributed by atoms with Crippen molar-refractivity contribution in [1.29, 1.82) is 0 Å². The first-order chi connectivity index (χ1) is 10.1. The highest BCUT2D eigenvalue weighted by Gasteiger charge is 2.13. The van der Waals surface area contributed by atoms with Gasteiger partial charge in [-0.25, -0.2) is 0 Å². The fraction of sp³-hybridized carbons (Fsp3) is 0.684. The first-order valence-electron chi connectivity index (χ1n) is 8.52. The van der Waals surface area contributed by atoms with E-state index in [0.717, 1.165) is 6.04 Å². The normalized spacial score (nSPS) is 17.1. The van der Waals surface area contributed by atoms with Crippen molar-refractivity contribution in [2.45, 2.75) is 75.6 Å². The molecule has 1 aromatic rings. The van der Waals surface area contributed by atoms with Crippen molar-refractivity contribution < 1.29 is 0 Å². The van der Waals surface area contributed by atoms with E-state index in [-0.39, 0.29) is 5.41 Å². The molecule has 0 spiro atoms. The SMILES string of the molecule is CC(C)(C)c1ccc(SCCCNC2CCCCC2)cc1. The summed E-state index contributed by atoms with van der Waals surface area (Å²) in [6.07, 6.45) is 8.34. The predicted octanol–water partition coefficient (Wildman–Crippen LogP) is 5.39. The Morgan fingerprint density at radius 2 is 1.71 bits per heavy atom. The first kappa shape index (κ1) is 16.9. The van der Waals surface area contributed by atoms with E-state index >= 15 is 0 Å². The maximum Gasteiger partial charge on any atom is 0.00721 e. The minimum absolute atomic E-state index is 0.257. The van der Waals surface area contributed by atoms with Crippen LogP contribution in [0.4, 0.5) is 0 Å². The van der Waals surface area contributed by atoms with E-state index in [9.17, 15) is 0 Å². The lowest BCUT2D eigenvalue weighted by Gasteiger charge is -2.22. The van der Waals surface area contributed by atoms with Gasteiger partial charge in [-0.2, -0.15) is 0 Å². The van der Waals surface area contributed by atoms with Crippen LogP contribution in [-0.2, 0) is 5.41 Å². The fourth-order valence-electron chi connectivity index (χ4n) is 2.93. The molecule has 0 aliphatic heterocycles. The van der Waals surface area contributed by atoms with Gasteiger partial charge in [0.25, 0.3) is 0 Å². The van der Waals surface area contributed by atoms with E-state index in [1.54, 1.807) is 0 Å². The lowest BCUT2D eigenvalue weighted by atomic mass is 9.87. The molecular formula is C19H31NS. The van der Waals surface area contributed by atoms with Crippen LogP contribution in [0.25, 0.3) is 0 Å². The van der Waals surface area contributed by atoms with Crippen LogP contribution in [0.2, 0.25) is 0 Å². The first-order valence-corrected chi connectivity index (χ1v) is 9.51. The molecule has 1 aliphatic carbocycles. The zero-order chi connectivity index (χ0) is 15.1. The summed E-state index contributed by atoms with van der Waals surface area (Å²) in [7, 11) is 0. The Bertz CT molecular complexity index is 399. The van der Waals surface area contributed by atoms with Gasteiger partial charge in [0.2, 0.25) is 0 Å². The Balaban J connectivity index is 1.62. The van der Waals surface area contributed by atoms with Gasteiger partial charge in [0, 0.05) is 10.9 Å². The van der Waals surface area contributed by atoms with Gasteiger partial charge in [-0.05, 0) is 54.7 Å². The molecule has 1 aromatic carbocycles. The van der Waals surface area contributed by atoms with Crippen molar-refractivity contribution in [3.05, 3.63) is 29.8 Å². The maximum absolute atomic E-state index is 3.72. The minimum atomic E-state index is 0.257. The van der Waals surface area contributed by atoms with E-state index in [2.05, 4.69) is 50.4 Å². The third-order valence-electron chi connectivity index (χ3n) is 4.35.